The molecule has 1 atom stereocenters. The summed E-state index contributed by atoms with van der Waals surface area (Å²) in [5.41, 5.74) is 5.94. The number of aromatic nitrogens is 1. The summed E-state index contributed by atoms with van der Waals surface area (Å²) < 4.78 is 0. The fraction of sp³-hybridized carbons (Fsp3) is 0.500. The number of nitrogens with zero attached hydrogens (tertiary/aromatic N) is 3. The molecule has 1 aliphatic rings. The Bertz CT molecular complexity index is 493. The smallest absolute Gasteiger partial charge is 0.224 e. The average molecular weight is 273 g/mol. The van der Waals surface area contributed by atoms with E-state index in [-0.39, 0.29) is 11.8 Å². The highest BCUT2D eigenvalue weighted by atomic mass is 16.1. The Hall–Kier alpha value is -2.13. The van der Waals surface area contributed by atoms with Gasteiger partial charge in [-0.3, -0.25) is 4.79 Å². The third kappa shape index (κ3) is 3.45. The summed E-state index contributed by atoms with van der Waals surface area (Å²) in [6.07, 6.45) is 3.42. The molecular formula is C14H19N5O. The van der Waals surface area contributed by atoms with Gasteiger partial charge >= 0.3 is 0 Å². The summed E-state index contributed by atoms with van der Waals surface area (Å²) in [6.45, 7) is 2.53. The largest absolute Gasteiger partial charge is 0.356 e. The molecule has 0 aromatic carbocycles. The molecule has 1 aromatic heterocycles. The van der Waals surface area contributed by atoms with E-state index in [4.69, 9.17) is 11.0 Å². The van der Waals surface area contributed by atoms with Gasteiger partial charge in [0.2, 0.25) is 5.91 Å². The Morgan fingerprint density at radius 3 is 3.10 bits per heavy atom. The van der Waals surface area contributed by atoms with E-state index in [2.05, 4.69) is 21.3 Å². The molecule has 1 fully saturated rings. The highest BCUT2D eigenvalue weighted by molar-refractivity contribution is 5.79. The monoisotopic (exact) mass is 273 g/mol. The van der Waals surface area contributed by atoms with Crippen LogP contribution in [0.2, 0.25) is 0 Å². The number of nitrogens with one attached hydrogen (secondary N) is 1. The van der Waals surface area contributed by atoms with Crippen LogP contribution in [0.25, 0.3) is 0 Å². The SMILES string of the molecule is N#Cc1ccc(N2CCCC(C(=O)NCCN)C2)nc1. The topological polar surface area (TPSA) is 95.0 Å². The maximum Gasteiger partial charge on any atom is 0.224 e. The van der Waals surface area contributed by atoms with Crippen molar-refractivity contribution in [2.75, 3.05) is 31.1 Å². The maximum atomic E-state index is 12.0. The second-order valence-electron chi connectivity index (χ2n) is 4.88. The van der Waals surface area contributed by atoms with E-state index in [0.717, 1.165) is 25.2 Å². The first-order chi connectivity index (χ1) is 9.74. The molecule has 106 valence electrons. The lowest BCUT2D eigenvalue weighted by molar-refractivity contribution is -0.125. The van der Waals surface area contributed by atoms with Gasteiger partial charge in [-0.1, -0.05) is 0 Å². The normalized spacial score (nSPS) is 18.4. The molecule has 0 bridgehead atoms. The van der Waals surface area contributed by atoms with Gasteiger partial charge < -0.3 is 16.0 Å². The highest BCUT2D eigenvalue weighted by Gasteiger charge is 2.26. The van der Waals surface area contributed by atoms with Crippen LogP contribution in [0.15, 0.2) is 18.3 Å². The van der Waals surface area contributed by atoms with Crippen molar-refractivity contribution in [1.82, 2.24) is 10.3 Å². The number of rotatable bonds is 4. The number of pyridine rings is 1. The van der Waals surface area contributed by atoms with Gasteiger partial charge in [0.05, 0.1) is 11.5 Å². The van der Waals surface area contributed by atoms with Gasteiger partial charge in [0.15, 0.2) is 0 Å². The number of carbonyl (C=O) groups excluding carboxylic acids is 1. The summed E-state index contributed by atoms with van der Waals surface area (Å²) in [7, 11) is 0. The van der Waals surface area contributed by atoms with Gasteiger partial charge in [0.25, 0.3) is 0 Å². The molecule has 3 N–H and O–H groups in total. The second kappa shape index (κ2) is 6.87. The van der Waals surface area contributed by atoms with Gasteiger partial charge in [-0.15, -0.1) is 0 Å². The lowest BCUT2D eigenvalue weighted by Gasteiger charge is -2.32. The van der Waals surface area contributed by atoms with Crippen LogP contribution in [0.5, 0.6) is 0 Å². The fourth-order valence-corrected chi connectivity index (χ4v) is 2.38. The van der Waals surface area contributed by atoms with Gasteiger partial charge in [-0.2, -0.15) is 5.26 Å². The maximum absolute atomic E-state index is 12.0. The molecule has 1 aromatic rings. The summed E-state index contributed by atoms with van der Waals surface area (Å²) in [5, 5.41) is 11.6. The molecule has 6 heteroatoms. The molecule has 0 aliphatic carbocycles. The quantitative estimate of drug-likeness (QED) is 0.819. The molecule has 0 saturated carbocycles. The van der Waals surface area contributed by atoms with Crippen molar-refractivity contribution >= 4 is 11.7 Å². The van der Waals surface area contributed by atoms with E-state index >= 15 is 0 Å². The van der Waals surface area contributed by atoms with E-state index in [9.17, 15) is 4.79 Å². The Morgan fingerprint density at radius 2 is 2.45 bits per heavy atom. The van der Waals surface area contributed by atoms with Crippen molar-refractivity contribution in [3.63, 3.8) is 0 Å². The summed E-state index contributed by atoms with van der Waals surface area (Å²) >= 11 is 0. The Kier molecular flexibility index (Phi) is 4.91. The predicted molar refractivity (Wildman–Crippen MR) is 76.0 cm³/mol. The van der Waals surface area contributed by atoms with E-state index in [1.807, 2.05) is 6.07 Å². The lowest BCUT2D eigenvalue weighted by atomic mass is 9.97. The average Bonchev–Trinajstić information content (AvgIpc) is 2.52. The standard InChI is InChI=1S/C14H19N5O/c15-5-6-17-14(20)12-2-1-7-19(10-12)13-4-3-11(8-16)9-18-13/h3-4,9,12H,1-2,5-7,10,15H2,(H,17,20). The molecule has 1 saturated heterocycles. The lowest BCUT2D eigenvalue weighted by Crippen LogP contribution is -2.44. The summed E-state index contributed by atoms with van der Waals surface area (Å²) in [5.74, 6) is 0.863. The van der Waals surface area contributed by atoms with Crippen LogP contribution in [-0.2, 0) is 4.79 Å². The third-order valence-corrected chi connectivity index (χ3v) is 3.44. The first-order valence-electron chi connectivity index (χ1n) is 6.83. The summed E-state index contributed by atoms with van der Waals surface area (Å²) in [4.78, 5) is 18.4. The van der Waals surface area contributed by atoms with Crippen molar-refractivity contribution in [3.8, 4) is 6.07 Å². The number of anilines is 1. The second-order valence-corrected chi connectivity index (χ2v) is 4.88. The number of carbonyl (C=O) groups is 1. The number of nitrogens with two attached hydrogens (primary N) is 1. The van der Waals surface area contributed by atoms with Crippen LogP contribution < -0.4 is 16.0 Å². The van der Waals surface area contributed by atoms with Crippen molar-refractivity contribution in [1.29, 1.82) is 5.26 Å². The third-order valence-electron chi connectivity index (χ3n) is 3.44. The Balaban J connectivity index is 1.99. The van der Waals surface area contributed by atoms with Gasteiger partial charge in [-0.05, 0) is 25.0 Å². The Morgan fingerprint density at radius 1 is 1.60 bits per heavy atom. The van der Waals surface area contributed by atoms with Gasteiger partial charge in [-0.25, -0.2) is 4.98 Å². The van der Waals surface area contributed by atoms with Crippen molar-refractivity contribution in [3.05, 3.63) is 23.9 Å². The van der Waals surface area contributed by atoms with E-state index in [0.29, 0.717) is 25.2 Å². The number of amides is 1. The zero-order chi connectivity index (χ0) is 14.4. The number of piperidine rings is 1. The zero-order valence-corrected chi connectivity index (χ0v) is 11.4. The number of hydrogen-bond acceptors (Lipinski definition) is 5. The van der Waals surface area contributed by atoms with Crippen molar-refractivity contribution in [2.45, 2.75) is 12.8 Å². The Labute approximate surface area is 118 Å². The molecule has 2 rings (SSSR count). The summed E-state index contributed by atoms with van der Waals surface area (Å²) in [6, 6.07) is 5.63. The first kappa shape index (κ1) is 14.3. The number of nitriles is 1. The molecule has 20 heavy (non-hydrogen) atoms. The van der Waals surface area contributed by atoms with Crippen LogP contribution in [0, 0.1) is 17.2 Å². The predicted octanol–water partition coefficient (Wildman–Crippen LogP) is 0.245. The van der Waals surface area contributed by atoms with E-state index < -0.39 is 0 Å². The zero-order valence-electron chi connectivity index (χ0n) is 11.4. The minimum atomic E-state index is -0.0206. The molecule has 1 unspecified atom stereocenters. The van der Waals surface area contributed by atoms with Crippen LogP contribution >= 0.6 is 0 Å². The van der Waals surface area contributed by atoms with Crippen LogP contribution in [0.1, 0.15) is 18.4 Å². The molecular weight excluding hydrogens is 254 g/mol. The molecule has 1 aliphatic heterocycles. The van der Waals surface area contributed by atoms with Crippen LogP contribution in [0.3, 0.4) is 0 Å². The molecule has 0 radical (unpaired) electrons. The molecule has 1 amide bonds. The van der Waals surface area contributed by atoms with E-state index in [1.54, 1.807) is 12.3 Å². The molecule has 0 spiro atoms. The molecule has 6 nitrogen and oxygen atoms in total. The molecule has 2 heterocycles. The minimum absolute atomic E-state index is 0.0206. The first-order valence-corrected chi connectivity index (χ1v) is 6.83. The van der Waals surface area contributed by atoms with Crippen molar-refractivity contribution < 1.29 is 4.79 Å². The van der Waals surface area contributed by atoms with Gasteiger partial charge in [0, 0.05) is 32.4 Å². The number of hydrogen-bond donors (Lipinski definition) is 2. The van der Waals surface area contributed by atoms with Crippen molar-refractivity contribution in [2.24, 2.45) is 11.7 Å². The minimum Gasteiger partial charge on any atom is -0.356 e. The van der Waals surface area contributed by atoms with Crippen LogP contribution in [0.4, 0.5) is 5.82 Å². The van der Waals surface area contributed by atoms with Gasteiger partial charge in [0.1, 0.15) is 11.9 Å². The highest BCUT2D eigenvalue weighted by Crippen LogP contribution is 2.21. The van der Waals surface area contributed by atoms with Crippen LogP contribution in [-0.4, -0.2) is 37.1 Å². The fourth-order valence-electron chi connectivity index (χ4n) is 2.38. The van der Waals surface area contributed by atoms with E-state index in [1.165, 1.54) is 0 Å².